The van der Waals surface area contributed by atoms with Gasteiger partial charge >= 0.3 is 0 Å². The van der Waals surface area contributed by atoms with Crippen molar-refractivity contribution in [3.63, 3.8) is 0 Å². The van der Waals surface area contributed by atoms with E-state index in [0.717, 1.165) is 27.6 Å². The molecule has 0 saturated heterocycles. The summed E-state index contributed by atoms with van der Waals surface area (Å²) in [7, 11) is 0. The Balaban J connectivity index is 0.000000748. The Labute approximate surface area is 197 Å². The van der Waals surface area contributed by atoms with Crippen LogP contribution in [-0.4, -0.2) is 39.6 Å². The maximum atomic E-state index is 10.5. The molecule has 2 aromatic heterocycles. The van der Waals surface area contributed by atoms with Crippen LogP contribution < -0.4 is 5.32 Å². The van der Waals surface area contributed by atoms with E-state index < -0.39 is 6.10 Å². The summed E-state index contributed by atoms with van der Waals surface area (Å²) in [6.45, 7) is 12.2. The number of aliphatic hydroxyl groups is 1. The van der Waals surface area contributed by atoms with E-state index in [1.807, 2.05) is 38.3 Å². The van der Waals surface area contributed by atoms with Crippen molar-refractivity contribution in [2.75, 3.05) is 17.3 Å². The van der Waals surface area contributed by atoms with Crippen LogP contribution in [0.1, 0.15) is 59.1 Å². The van der Waals surface area contributed by atoms with Crippen LogP contribution in [0.25, 0.3) is 16.3 Å². The number of fused-ring (bicyclic) bond motifs is 1. The highest BCUT2D eigenvalue weighted by Gasteiger charge is 2.10. The number of anilines is 1. The lowest BCUT2D eigenvalue weighted by atomic mass is 9.99. The van der Waals surface area contributed by atoms with Gasteiger partial charge in [-0.15, -0.1) is 0 Å². The smallest absolute Gasteiger partial charge is 0.212 e. The molecule has 0 bridgehead atoms. The second kappa shape index (κ2) is 15.4. The second-order valence-electron chi connectivity index (χ2n) is 7.59. The molecule has 2 heterocycles. The van der Waals surface area contributed by atoms with Crippen molar-refractivity contribution >= 4 is 40.3 Å². The number of hydrogen-bond donors (Lipinski definition) is 2. The van der Waals surface area contributed by atoms with Crippen molar-refractivity contribution in [3.8, 4) is 0 Å². The number of allylic oxidation sites excluding steroid dienone is 3. The van der Waals surface area contributed by atoms with E-state index in [9.17, 15) is 9.90 Å². The molecule has 1 saturated carbocycles. The molecule has 5 nitrogen and oxygen atoms in total. The monoisotopic (exact) mass is 455 g/mol. The summed E-state index contributed by atoms with van der Waals surface area (Å²) in [6, 6.07) is 3.74. The molecular formula is C26H37N3O2S. The van der Waals surface area contributed by atoms with Crippen LogP contribution in [0, 0.1) is 0 Å². The van der Waals surface area contributed by atoms with Crippen molar-refractivity contribution in [3.05, 3.63) is 60.1 Å². The van der Waals surface area contributed by atoms with Crippen molar-refractivity contribution in [2.45, 2.75) is 59.5 Å². The van der Waals surface area contributed by atoms with Gasteiger partial charge in [-0.05, 0) is 49.0 Å². The summed E-state index contributed by atoms with van der Waals surface area (Å²) in [5.41, 5.74) is 3.46. The number of hydrogen-bond acceptors (Lipinski definition) is 5. The lowest BCUT2D eigenvalue weighted by Gasteiger charge is -2.13. The normalized spacial score (nSPS) is 13.8. The Bertz CT molecular complexity index is 933. The van der Waals surface area contributed by atoms with Crippen LogP contribution >= 0.6 is 11.8 Å². The third-order valence-electron chi connectivity index (χ3n) is 4.31. The highest BCUT2D eigenvalue weighted by molar-refractivity contribution is 7.98. The first-order valence-corrected chi connectivity index (χ1v) is 12.5. The molecule has 3 rings (SSSR count). The Morgan fingerprint density at radius 1 is 1.22 bits per heavy atom. The minimum Gasteiger partial charge on any atom is -0.388 e. The molecule has 0 spiro atoms. The largest absolute Gasteiger partial charge is 0.388 e. The first kappa shape index (κ1) is 27.6. The number of thioether (sulfide) groups is 1. The standard InChI is InChI=1S/C20H23N3O2S.C3H6.C3H8/c1-5-17(13(2)6-14(3)19(25)11-26-4)18-7-15-10-22-20(23-12-24)8-16(15)9-21-18;1-2-3-1;1-3-2/h5-10,12,19,25H,3,11H2,1-2,4H3,(H,22,23,24);1-3H2;3H2,1-2H3/b13-6-,17-5+;;. The molecule has 2 N–H and O–H groups in total. The Hall–Kier alpha value is -2.44. The van der Waals surface area contributed by atoms with Gasteiger partial charge in [-0.25, -0.2) is 4.98 Å². The van der Waals surface area contributed by atoms with Crippen molar-refractivity contribution < 1.29 is 9.90 Å². The molecular weight excluding hydrogens is 418 g/mol. The lowest BCUT2D eigenvalue weighted by Crippen LogP contribution is -2.11. The number of nitrogens with zero attached hydrogens (tertiary/aromatic N) is 2. The summed E-state index contributed by atoms with van der Waals surface area (Å²) in [4.78, 5) is 19.3. The van der Waals surface area contributed by atoms with Gasteiger partial charge in [0.15, 0.2) is 0 Å². The topological polar surface area (TPSA) is 75.1 Å². The summed E-state index contributed by atoms with van der Waals surface area (Å²) >= 11 is 1.58. The van der Waals surface area contributed by atoms with Crippen molar-refractivity contribution in [1.29, 1.82) is 0 Å². The van der Waals surface area contributed by atoms with Crippen LogP contribution in [0.2, 0.25) is 0 Å². The zero-order valence-electron chi connectivity index (χ0n) is 20.0. The first-order valence-electron chi connectivity index (χ1n) is 11.1. The minimum atomic E-state index is -0.560. The van der Waals surface area contributed by atoms with Gasteiger partial charge < -0.3 is 10.4 Å². The SMILES string of the molecule is C1CC1.C=C(/C=C(C)\C(=C/C)c1cc2cnc(NC=O)cc2cn1)C(O)CSC.CCC. The van der Waals surface area contributed by atoms with Gasteiger partial charge in [-0.2, -0.15) is 11.8 Å². The number of aromatic nitrogens is 2. The van der Waals surface area contributed by atoms with E-state index in [2.05, 4.69) is 35.7 Å². The number of rotatable bonds is 8. The fourth-order valence-electron chi connectivity index (χ4n) is 2.62. The van der Waals surface area contributed by atoms with E-state index in [0.29, 0.717) is 23.6 Å². The molecule has 0 aliphatic heterocycles. The summed E-state index contributed by atoms with van der Waals surface area (Å²) in [5.74, 6) is 1.11. The molecule has 0 aromatic carbocycles. The van der Waals surface area contributed by atoms with Gasteiger partial charge in [0.25, 0.3) is 0 Å². The Morgan fingerprint density at radius 2 is 1.81 bits per heavy atom. The van der Waals surface area contributed by atoms with Crippen LogP contribution in [0.3, 0.4) is 0 Å². The van der Waals surface area contributed by atoms with E-state index in [-0.39, 0.29) is 0 Å². The third kappa shape index (κ3) is 9.79. The molecule has 1 aliphatic rings. The van der Waals surface area contributed by atoms with Gasteiger partial charge in [0, 0.05) is 28.9 Å². The molecule has 0 radical (unpaired) electrons. The van der Waals surface area contributed by atoms with Gasteiger partial charge in [-0.3, -0.25) is 9.78 Å². The summed E-state index contributed by atoms with van der Waals surface area (Å²) in [6.07, 6.45) is 15.1. The zero-order chi connectivity index (χ0) is 23.9. The predicted octanol–water partition coefficient (Wildman–Crippen LogP) is 6.41. The van der Waals surface area contributed by atoms with E-state index in [1.54, 1.807) is 30.2 Å². The lowest BCUT2D eigenvalue weighted by molar-refractivity contribution is -0.105. The fraction of sp³-hybridized carbons (Fsp3) is 0.423. The van der Waals surface area contributed by atoms with E-state index >= 15 is 0 Å². The number of aliphatic hydroxyl groups excluding tert-OH is 1. The van der Waals surface area contributed by atoms with E-state index in [1.165, 1.54) is 25.7 Å². The summed E-state index contributed by atoms with van der Waals surface area (Å²) in [5, 5.41) is 14.4. The van der Waals surface area contributed by atoms with Crippen molar-refractivity contribution in [2.24, 2.45) is 0 Å². The average molecular weight is 456 g/mol. The molecule has 174 valence electrons. The van der Waals surface area contributed by atoms with Gasteiger partial charge in [-0.1, -0.05) is 58.3 Å². The third-order valence-corrected chi connectivity index (χ3v) is 4.96. The van der Waals surface area contributed by atoms with Crippen LogP contribution in [0.5, 0.6) is 0 Å². The molecule has 6 heteroatoms. The maximum Gasteiger partial charge on any atom is 0.212 e. The number of carbonyl (C=O) groups is 1. The zero-order valence-corrected chi connectivity index (χ0v) is 20.8. The molecule has 1 aliphatic carbocycles. The number of nitrogens with one attached hydrogen (secondary N) is 1. The quantitative estimate of drug-likeness (QED) is 0.355. The first-order chi connectivity index (χ1) is 15.4. The minimum absolute atomic E-state index is 0.489. The van der Waals surface area contributed by atoms with Gasteiger partial charge in [0.1, 0.15) is 5.82 Å². The Morgan fingerprint density at radius 3 is 2.34 bits per heavy atom. The highest BCUT2D eigenvalue weighted by atomic mass is 32.2. The van der Waals surface area contributed by atoms with Crippen LogP contribution in [-0.2, 0) is 4.79 Å². The van der Waals surface area contributed by atoms with Crippen molar-refractivity contribution in [1.82, 2.24) is 9.97 Å². The number of amides is 1. The Kier molecular flexibility index (Phi) is 13.3. The van der Waals surface area contributed by atoms with Crippen LogP contribution in [0.4, 0.5) is 5.82 Å². The molecule has 1 unspecified atom stereocenters. The molecule has 1 atom stereocenters. The molecule has 1 amide bonds. The highest BCUT2D eigenvalue weighted by Crippen LogP contribution is 2.26. The number of carbonyl (C=O) groups excluding carboxylic acids is 1. The second-order valence-corrected chi connectivity index (χ2v) is 8.50. The van der Waals surface area contributed by atoms with Gasteiger partial charge in [0.2, 0.25) is 6.41 Å². The summed E-state index contributed by atoms with van der Waals surface area (Å²) < 4.78 is 0. The molecule has 32 heavy (non-hydrogen) atoms. The molecule has 1 fully saturated rings. The maximum absolute atomic E-state index is 10.5. The molecule has 2 aromatic rings. The number of pyridine rings is 2. The predicted molar refractivity (Wildman–Crippen MR) is 140 cm³/mol. The fourth-order valence-corrected chi connectivity index (χ4v) is 3.15. The van der Waals surface area contributed by atoms with Crippen LogP contribution in [0.15, 0.2) is 54.4 Å². The van der Waals surface area contributed by atoms with E-state index in [4.69, 9.17) is 0 Å². The average Bonchev–Trinajstić information content (AvgIpc) is 3.65. The van der Waals surface area contributed by atoms with Gasteiger partial charge in [0.05, 0.1) is 11.8 Å².